The van der Waals surface area contributed by atoms with E-state index in [2.05, 4.69) is 28.6 Å². The van der Waals surface area contributed by atoms with Gasteiger partial charge in [-0.05, 0) is 13.3 Å². The van der Waals surface area contributed by atoms with E-state index in [0.717, 1.165) is 0 Å². The van der Waals surface area contributed by atoms with E-state index in [4.69, 9.17) is 15.9 Å². The van der Waals surface area contributed by atoms with Crippen LogP contribution in [0.15, 0.2) is 0 Å². The van der Waals surface area contributed by atoms with E-state index in [9.17, 15) is 24.0 Å². The van der Waals surface area contributed by atoms with E-state index >= 15 is 0 Å². The predicted molar refractivity (Wildman–Crippen MR) is 88.9 cm³/mol. The molecular formula is C13H22N4O7S. The molecule has 0 aromatic heterocycles. The van der Waals surface area contributed by atoms with Gasteiger partial charge in [0.15, 0.2) is 0 Å². The molecule has 7 N–H and O–H groups in total. The monoisotopic (exact) mass is 378 g/mol. The van der Waals surface area contributed by atoms with Crippen molar-refractivity contribution in [2.45, 2.75) is 37.9 Å². The lowest BCUT2D eigenvalue weighted by molar-refractivity contribution is -0.141. The summed E-state index contributed by atoms with van der Waals surface area (Å²) in [4.78, 5) is 56.9. The number of thiol groups is 1. The zero-order chi connectivity index (χ0) is 19.6. The van der Waals surface area contributed by atoms with Gasteiger partial charge in [0.05, 0.1) is 6.54 Å². The second-order valence-corrected chi connectivity index (χ2v) is 5.43. The molecule has 142 valence electrons. The normalized spacial score (nSPS) is 13.9. The van der Waals surface area contributed by atoms with Crippen molar-refractivity contribution >= 4 is 42.3 Å². The molecule has 0 fully saturated rings. The second kappa shape index (κ2) is 11.3. The molecule has 0 saturated heterocycles. The van der Waals surface area contributed by atoms with Crippen molar-refractivity contribution in [1.29, 1.82) is 0 Å². The zero-order valence-electron chi connectivity index (χ0n) is 13.5. The molecule has 0 spiro atoms. The summed E-state index contributed by atoms with van der Waals surface area (Å²) in [5, 5.41) is 24.2. The smallest absolute Gasteiger partial charge is 0.325 e. The van der Waals surface area contributed by atoms with Crippen LogP contribution in [0.3, 0.4) is 0 Å². The lowest BCUT2D eigenvalue weighted by atomic mass is 10.1. The number of carboxylic acid groups (broad SMARTS) is 2. The maximum Gasteiger partial charge on any atom is 0.325 e. The standard InChI is InChI=1S/C13H22N4O7S/c1-6(13(23)24)15-12(22)8(5-25)17-11(21)7(2-3-10(19)20)16-9(18)4-14/h6-8,25H,2-5,14H2,1H3,(H,15,22)(H,16,18)(H,17,21)(H,19,20)(H,23,24). The van der Waals surface area contributed by atoms with Gasteiger partial charge < -0.3 is 31.9 Å². The summed E-state index contributed by atoms with van der Waals surface area (Å²) in [6, 6.07) is -3.55. The molecule has 3 atom stereocenters. The highest BCUT2D eigenvalue weighted by molar-refractivity contribution is 7.80. The first-order valence-corrected chi connectivity index (χ1v) is 7.91. The molecule has 0 saturated carbocycles. The van der Waals surface area contributed by atoms with Crippen molar-refractivity contribution < 1.29 is 34.2 Å². The van der Waals surface area contributed by atoms with E-state index in [1.165, 1.54) is 6.92 Å². The molecule has 25 heavy (non-hydrogen) atoms. The highest BCUT2D eigenvalue weighted by atomic mass is 32.1. The lowest BCUT2D eigenvalue weighted by Crippen LogP contribution is -2.56. The molecule has 12 heteroatoms. The third-order valence-corrected chi connectivity index (χ3v) is 3.39. The Balaban J connectivity index is 4.95. The summed E-state index contributed by atoms with van der Waals surface area (Å²) in [5.41, 5.74) is 5.14. The molecule has 0 aromatic rings. The van der Waals surface area contributed by atoms with Crippen LogP contribution in [0.5, 0.6) is 0 Å². The first kappa shape index (κ1) is 22.7. The highest BCUT2D eigenvalue weighted by Crippen LogP contribution is 2.00. The third-order valence-electron chi connectivity index (χ3n) is 3.03. The maximum atomic E-state index is 12.2. The Kier molecular flexibility index (Phi) is 10.2. The molecule has 0 heterocycles. The zero-order valence-corrected chi connectivity index (χ0v) is 14.4. The van der Waals surface area contributed by atoms with Gasteiger partial charge in [-0.3, -0.25) is 24.0 Å². The number of rotatable bonds is 11. The van der Waals surface area contributed by atoms with Crippen LogP contribution < -0.4 is 21.7 Å². The Morgan fingerprint density at radius 2 is 1.56 bits per heavy atom. The van der Waals surface area contributed by atoms with Gasteiger partial charge in [0, 0.05) is 12.2 Å². The number of nitrogens with one attached hydrogen (secondary N) is 3. The Morgan fingerprint density at radius 3 is 2.00 bits per heavy atom. The SMILES string of the molecule is CC(NC(=O)C(CS)NC(=O)C(CCC(=O)O)NC(=O)CN)C(=O)O. The Morgan fingerprint density at radius 1 is 1.00 bits per heavy atom. The molecule has 0 aliphatic rings. The summed E-state index contributed by atoms with van der Waals surface area (Å²) in [6.45, 7) is 0.845. The number of nitrogens with two attached hydrogens (primary N) is 1. The summed E-state index contributed by atoms with van der Waals surface area (Å²) < 4.78 is 0. The molecule has 0 radical (unpaired) electrons. The number of carbonyl (C=O) groups is 5. The molecule has 0 aromatic carbocycles. The topological polar surface area (TPSA) is 188 Å². The van der Waals surface area contributed by atoms with Crippen molar-refractivity contribution in [3.05, 3.63) is 0 Å². The Hall–Kier alpha value is -2.34. The van der Waals surface area contributed by atoms with Gasteiger partial charge in [-0.15, -0.1) is 0 Å². The quantitative estimate of drug-likeness (QED) is 0.189. The fourth-order valence-corrected chi connectivity index (χ4v) is 1.89. The molecule has 0 aliphatic heterocycles. The predicted octanol–water partition coefficient (Wildman–Crippen LogP) is -2.70. The number of hydrogen-bond donors (Lipinski definition) is 7. The van der Waals surface area contributed by atoms with Gasteiger partial charge >= 0.3 is 11.9 Å². The van der Waals surface area contributed by atoms with Gasteiger partial charge in [-0.1, -0.05) is 0 Å². The Labute approximate surface area is 149 Å². The van der Waals surface area contributed by atoms with Crippen molar-refractivity contribution in [2.75, 3.05) is 12.3 Å². The summed E-state index contributed by atoms with van der Waals surface area (Å²) in [7, 11) is 0. The lowest BCUT2D eigenvalue weighted by Gasteiger charge is -2.22. The third kappa shape index (κ3) is 8.91. The van der Waals surface area contributed by atoms with Crippen molar-refractivity contribution in [1.82, 2.24) is 16.0 Å². The molecule has 0 bridgehead atoms. The van der Waals surface area contributed by atoms with E-state index in [1.807, 2.05) is 0 Å². The van der Waals surface area contributed by atoms with Gasteiger partial charge in [0.1, 0.15) is 18.1 Å². The number of amides is 3. The summed E-state index contributed by atoms with van der Waals surface area (Å²) in [5.74, 6) is -4.82. The van der Waals surface area contributed by atoms with Crippen LogP contribution in [-0.2, 0) is 24.0 Å². The molecule has 0 rings (SSSR count). The number of aliphatic carboxylic acids is 2. The van der Waals surface area contributed by atoms with E-state index in [-0.39, 0.29) is 12.2 Å². The van der Waals surface area contributed by atoms with Crippen LogP contribution in [0.4, 0.5) is 0 Å². The second-order valence-electron chi connectivity index (χ2n) is 5.07. The maximum absolute atomic E-state index is 12.2. The Bertz CT molecular complexity index is 529. The van der Waals surface area contributed by atoms with E-state index < -0.39 is 60.8 Å². The first-order chi connectivity index (χ1) is 11.6. The average molecular weight is 378 g/mol. The summed E-state index contributed by atoms with van der Waals surface area (Å²) >= 11 is 3.92. The van der Waals surface area contributed by atoms with Gasteiger partial charge in [-0.2, -0.15) is 12.6 Å². The van der Waals surface area contributed by atoms with Gasteiger partial charge in [0.2, 0.25) is 17.7 Å². The van der Waals surface area contributed by atoms with Gasteiger partial charge in [-0.25, -0.2) is 0 Å². The molecule has 11 nitrogen and oxygen atoms in total. The minimum atomic E-state index is -1.26. The molecular weight excluding hydrogens is 356 g/mol. The van der Waals surface area contributed by atoms with Crippen LogP contribution in [-0.4, -0.2) is 70.3 Å². The number of carbonyl (C=O) groups excluding carboxylic acids is 3. The first-order valence-electron chi connectivity index (χ1n) is 7.28. The van der Waals surface area contributed by atoms with Crippen LogP contribution >= 0.6 is 12.6 Å². The molecule has 0 aliphatic carbocycles. The fourth-order valence-electron chi connectivity index (χ4n) is 1.63. The van der Waals surface area contributed by atoms with Crippen molar-refractivity contribution in [2.24, 2.45) is 5.73 Å². The highest BCUT2D eigenvalue weighted by Gasteiger charge is 2.27. The van der Waals surface area contributed by atoms with Crippen molar-refractivity contribution in [3.8, 4) is 0 Å². The van der Waals surface area contributed by atoms with Crippen LogP contribution in [0, 0.1) is 0 Å². The van der Waals surface area contributed by atoms with Crippen LogP contribution in [0.1, 0.15) is 19.8 Å². The van der Waals surface area contributed by atoms with Crippen LogP contribution in [0.2, 0.25) is 0 Å². The summed E-state index contributed by atoms with van der Waals surface area (Å²) in [6.07, 6.45) is -0.601. The van der Waals surface area contributed by atoms with Crippen molar-refractivity contribution in [3.63, 3.8) is 0 Å². The fraction of sp³-hybridized carbons (Fsp3) is 0.615. The molecule has 3 amide bonds. The van der Waals surface area contributed by atoms with Gasteiger partial charge in [0.25, 0.3) is 0 Å². The largest absolute Gasteiger partial charge is 0.481 e. The number of hydrogen-bond acceptors (Lipinski definition) is 7. The van der Waals surface area contributed by atoms with Crippen LogP contribution in [0.25, 0.3) is 0 Å². The van der Waals surface area contributed by atoms with E-state index in [1.54, 1.807) is 0 Å². The average Bonchev–Trinajstić information content (AvgIpc) is 2.55. The van der Waals surface area contributed by atoms with E-state index in [0.29, 0.717) is 0 Å². The number of carboxylic acids is 2. The molecule has 3 unspecified atom stereocenters. The minimum Gasteiger partial charge on any atom is -0.481 e. The minimum absolute atomic E-state index is 0.138.